The van der Waals surface area contributed by atoms with Crippen LogP contribution in [-0.2, 0) is 19.6 Å². The van der Waals surface area contributed by atoms with Crippen molar-refractivity contribution in [3.8, 4) is 11.5 Å². The highest BCUT2D eigenvalue weighted by Crippen LogP contribution is 2.33. The fourth-order valence-electron chi connectivity index (χ4n) is 3.32. The fraction of sp³-hybridized carbons (Fsp3) is 0.167. The predicted molar refractivity (Wildman–Crippen MR) is 136 cm³/mol. The summed E-state index contributed by atoms with van der Waals surface area (Å²) in [4.78, 5) is 35.2. The summed E-state index contributed by atoms with van der Waals surface area (Å²) in [7, 11) is -3.96. The maximum Gasteiger partial charge on any atom is 0.338 e. The molecule has 0 spiro atoms. The van der Waals surface area contributed by atoms with Gasteiger partial charge in [0.1, 0.15) is 13.2 Å². The number of nitrogens with one attached hydrogen (secondary N) is 2. The molecule has 0 aliphatic carbocycles. The Balaban J connectivity index is 1.38. The van der Waals surface area contributed by atoms with Crippen LogP contribution < -0.4 is 19.5 Å². The number of nitrogens with zero attached hydrogens (tertiary/aromatic N) is 1. The lowest BCUT2D eigenvalue weighted by Gasteiger charge is -2.19. The number of amides is 1. The highest BCUT2D eigenvalue weighted by atomic mass is 35.5. The molecule has 0 aromatic heterocycles. The average Bonchev–Trinajstić information content (AvgIpc) is 2.89. The molecule has 1 aliphatic heterocycles. The number of anilines is 2. The molecule has 1 atom stereocenters. The van der Waals surface area contributed by atoms with Gasteiger partial charge >= 0.3 is 5.97 Å². The number of fused-ring (bicyclic) bond motifs is 1. The Morgan fingerprint density at radius 1 is 1.03 bits per heavy atom. The first-order valence-electron chi connectivity index (χ1n) is 11.0. The van der Waals surface area contributed by atoms with E-state index in [0.717, 1.165) is 6.07 Å². The number of ether oxygens (including phenoxy) is 3. The van der Waals surface area contributed by atoms with Crippen molar-refractivity contribution in [1.82, 2.24) is 0 Å². The third kappa shape index (κ3) is 6.12. The Morgan fingerprint density at radius 3 is 2.39 bits per heavy atom. The number of esters is 1. The largest absolute Gasteiger partial charge is 0.486 e. The summed E-state index contributed by atoms with van der Waals surface area (Å²) in [5.74, 6) is -0.833. The van der Waals surface area contributed by atoms with Crippen molar-refractivity contribution < 1.29 is 37.1 Å². The van der Waals surface area contributed by atoms with Crippen molar-refractivity contribution in [1.29, 1.82) is 0 Å². The topological polar surface area (TPSA) is 163 Å². The maximum atomic E-state index is 12.8. The predicted octanol–water partition coefficient (Wildman–Crippen LogP) is 4.00. The van der Waals surface area contributed by atoms with Gasteiger partial charge in [0, 0.05) is 23.9 Å². The highest BCUT2D eigenvalue weighted by Gasteiger charge is 2.22. The number of halogens is 1. The third-order valence-corrected chi connectivity index (χ3v) is 6.98. The lowest BCUT2D eigenvalue weighted by Crippen LogP contribution is -2.30. The highest BCUT2D eigenvalue weighted by molar-refractivity contribution is 7.92. The van der Waals surface area contributed by atoms with Crippen LogP contribution in [0.3, 0.4) is 0 Å². The van der Waals surface area contributed by atoms with Gasteiger partial charge < -0.3 is 19.5 Å². The molecular formula is C24H20ClN3O9S. The molecule has 0 radical (unpaired) electrons. The molecule has 0 bridgehead atoms. The number of carbonyl (C=O) groups is 2. The van der Waals surface area contributed by atoms with Gasteiger partial charge in [0.2, 0.25) is 0 Å². The molecule has 3 aromatic rings. The van der Waals surface area contributed by atoms with E-state index >= 15 is 0 Å². The van der Waals surface area contributed by atoms with Crippen LogP contribution in [0.25, 0.3) is 0 Å². The van der Waals surface area contributed by atoms with E-state index in [9.17, 15) is 28.1 Å². The van der Waals surface area contributed by atoms with Gasteiger partial charge in [0.15, 0.2) is 17.6 Å². The number of non-ortho nitro benzene ring substituents is 1. The molecule has 38 heavy (non-hydrogen) atoms. The van der Waals surface area contributed by atoms with Crippen molar-refractivity contribution in [2.75, 3.05) is 23.3 Å². The van der Waals surface area contributed by atoms with E-state index in [-0.39, 0.29) is 32.5 Å². The van der Waals surface area contributed by atoms with Gasteiger partial charge in [-0.25, -0.2) is 13.2 Å². The monoisotopic (exact) mass is 561 g/mol. The molecule has 3 aromatic carbocycles. The Hall–Kier alpha value is -4.36. The van der Waals surface area contributed by atoms with Crippen LogP contribution in [0.4, 0.5) is 17.1 Å². The SMILES string of the molecule is CC(OC(=O)c1ccc(NS(=O)(=O)c2ccc3c(c2)OCCO3)cc1)C(=O)Nc1cc([N+](=O)[O-])ccc1Cl. The number of nitro groups is 1. The van der Waals surface area contributed by atoms with Crippen LogP contribution in [0.2, 0.25) is 5.02 Å². The lowest BCUT2D eigenvalue weighted by atomic mass is 10.2. The van der Waals surface area contributed by atoms with Crippen molar-refractivity contribution in [2.45, 2.75) is 17.9 Å². The number of hydrogen-bond acceptors (Lipinski definition) is 9. The van der Waals surface area contributed by atoms with Crippen molar-refractivity contribution in [3.05, 3.63) is 81.4 Å². The Kier molecular flexibility index (Phi) is 7.69. The van der Waals surface area contributed by atoms with Crippen LogP contribution >= 0.6 is 11.6 Å². The Labute approximate surface area is 221 Å². The molecule has 0 fully saturated rings. The zero-order chi connectivity index (χ0) is 27.4. The number of rotatable bonds is 8. The first kappa shape index (κ1) is 26.7. The minimum atomic E-state index is -3.96. The van der Waals surface area contributed by atoms with Crippen LogP contribution in [-0.4, -0.2) is 44.5 Å². The smallest absolute Gasteiger partial charge is 0.338 e. The second-order valence-electron chi connectivity index (χ2n) is 7.95. The first-order chi connectivity index (χ1) is 18.0. The second-order valence-corrected chi connectivity index (χ2v) is 10.0. The van der Waals surface area contributed by atoms with Gasteiger partial charge in [-0.1, -0.05) is 11.6 Å². The van der Waals surface area contributed by atoms with Gasteiger partial charge in [-0.05, 0) is 49.4 Å². The zero-order valence-electron chi connectivity index (χ0n) is 19.7. The number of nitro benzene ring substituents is 1. The molecular weight excluding hydrogens is 542 g/mol. The van der Waals surface area contributed by atoms with Gasteiger partial charge in [-0.15, -0.1) is 0 Å². The van der Waals surface area contributed by atoms with E-state index in [0.29, 0.717) is 24.7 Å². The molecule has 198 valence electrons. The summed E-state index contributed by atoms with van der Waals surface area (Å²) in [6, 6.07) is 13.1. The summed E-state index contributed by atoms with van der Waals surface area (Å²) in [5, 5.41) is 13.4. The van der Waals surface area contributed by atoms with Crippen LogP contribution in [0, 0.1) is 10.1 Å². The molecule has 1 unspecified atom stereocenters. The zero-order valence-corrected chi connectivity index (χ0v) is 21.2. The molecule has 2 N–H and O–H groups in total. The summed E-state index contributed by atoms with van der Waals surface area (Å²) < 4.78 is 43.9. The fourth-order valence-corrected chi connectivity index (χ4v) is 4.56. The van der Waals surface area contributed by atoms with Crippen LogP contribution in [0.1, 0.15) is 17.3 Å². The summed E-state index contributed by atoms with van der Waals surface area (Å²) in [6.45, 7) is 2.00. The van der Waals surface area contributed by atoms with E-state index < -0.39 is 32.9 Å². The van der Waals surface area contributed by atoms with Crippen molar-refractivity contribution >= 4 is 50.6 Å². The summed E-state index contributed by atoms with van der Waals surface area (Å²) in [6.07, 6.45) is -1.27. The van der Waals surface area contributed by atoms with Gasteiger partial charge in [-0.2, -0.15) is 0 Å². The lowest BCUT2D eigenvalue weighted by molar-refractivity contribution is -0.384. The number of benzene rings is 3. The van der Waals surface area contributed by atoms with E-state index in [1.807, 2.05) is 0 Å². The summed E-state index contributed by atoms with van der Waals surface area (Å²) >= 11 is 5.98. The normalized spacial score (nSPS) is 13.2. The molecule has 1 amide bonds. The van der Waals surface area contributed by atoms with E-state index in [1.165, 1.54) is 61.5 Å². The minimum absolute atomic E-state index is 0.0107. The molecule has 4 rings (SSSR count). The molecule has 1 aliphatic rings. The van der Waals surface area contributed by atoms with Crippen LogP contribution in [0.15, 0.2) is 65.6 Å². The number of sulfonamides is 1. The Morgan fingerprint density at radius 2 is 1.71 bits per heavy atom. The van der Waals surface area contributed by atoms with Crippen LogP contribution in [0.5, 0.6) is 11.5 Å². The van der Waals surface area contributed by atoms with Gasteiger partial charge in [0.25, 0.3) is 21.6 Å². The Bertz CT molecular complexity index is 1510. The summed E-state index contributed by atoms with van der Waals surface area (Å²) in [5.41, 5.74) is -0.0506. The molecule has 0 saturated carbocycles. The third-order valence-electron chi connectivity index (χ3n) is 5.27. The quantitative estimate of drug-likeness (QED) is 0.235. The first-order valence-corrected chi connectivity index (χ1v) is 12.9. The molecule has 0 saturated heterocycles. The van der Waals surface area contributed by atoms with Crippen molar-refractivity contribution in [3.63, 3.8) is 0 Å². The number of hydrogen-bond donors (Lipinski definition) is 2. The molecule has 14 heteroatoms. The van der Waals surface area contributed by atoms with E-state index in [2.05, 4.69) is 10.0 Å². The van der Waals surface area contributed by atoms with Gasteiger partial charge in [0.05, 0.1) is 26.1 Å². The standard InChI is InChI=1S/C24H20ClN3O9S/c1-14(23(29)26-20-12-17(28(31)32)6-8-19(20)25)37-24(30)15-2-4-16(5-3-15)27-38(33,34)18-7-9-21-22(13-18)36-11-10-35-21/h2-9,12-14,27H,10-11H2,1H3,(H,26,29). The van der Waals surface area contributed by atoms with E-state index in [1.54, 1.807) is 0 Å². The molecule has 1 heterocycles. The minimum Gasteiger partial charge on any atom is -0.486 e. The molecule has 12 nitrogen and oxygen atoms in total. The van der Waals surface area contributed by atoms with Crippen molar-refractivity contribution in [2.24, 2.45) is 0 Å². The van der Waals surface area contributed by atoms with E-state index in [4.69, 9.17) is 25.8 Å². The number of carbonyl (C=O) groups excluding carboxylic acids is 2. The average molecular weight is 562 g/mol. The second kappa shape index (κ2) is 10.9. The maximum absolute atomic E-state index is 12.8. The van der Waals surface area contributed by atoms with Gasteiger partial charge in [-0.3, -0.25) is 19.6 Å².